The Morgan fingerprint density at radius 2 is 1.77 bits per heavy atom. The van der Waals surface area contributed by atoms with E-state index < -0.39 is 11.4 Å². The summed E-state index contributed by atoms with van der Waals surface area (Å²) in [6.45, 7) is 5.67. The van der Waals surface area contributed by atoms with Crippen LogP contribution >= 0.6 is 11.8 Å². The zero-order valence-electron chi connectivity index (χ0n) is 15.8. The monoisotopic (exact) mass is 384 g/mol. The lowest BCUT2D eigenvalue weighted by molar-refractivity contribution is -0.139. The second-order valence-corrected chi connectivity index (χ2v) is 7.41. The van der Waals surface area contributed by atoms with E-state index in [9.17, 15) is 14.0 Å². The highest BCUT2D eigenvalue weighted by Gasteiger charge is 2.06. The Labute approximate surface area is 159 Å². The maximum Gasteiger partial charge on any atom is 0.333 e. The molecule has 0 bridgehead atoms. The SMILES string of the molecule is C=C(C)C(=O)OCCCCCCCCCCSc1ncc(F)c(=O)n1C. The van der Waals surface area contributed by atoms with Gasteiger partial charge in [0, 0.05) is 18.4 Å². The van der Waals surface area contributed by atoms with Gasteiger partial charge in [0.05, 0.1) is 12.8 Å². The molecule has 1 aromatic rings. The van der Waals surface area contributed by atoms with Gasteiger partial charge < -0.3 is 4.74 Å². The molecule has 0 saturated heterocycles. The van der Waals surface area contributed by atoms with Crippen LogP contribution in [0.2, 0.25) is 0 Å². The summed E-state index contributed by atoms with van der Waals surface area (Å²) in [5.74, 6) is -0.246. The van der Waals surface area contributed by atoms with Gasteiger partial charge in [-0.2, -0.15) is 4.39 Å². The Bertz CT molecular complexity index is 646. The standard InChI is InChI=1S/C19H29FN2O3S/c1-15(2)18(24)25-12-10-8-6-4-5-7-9-11-13-26-19-21-14-16(20)17(23)22(19)3/h14H,1,4-13H2,2-3H3. The number of nitrogens with zero attached hydrogens (tertiary/aromatic N) is 2. The van der Waals surface area contributed by atoms with Crippen LogP contribution in [0.4, 0.5) is 4.39 Å². The molecular formula is C19H29FN2O3S. The first kappa shape index (κ1) is 22.4. The van der Waals surface area contributed by atoms with Crippen LogP contribution in [0.5, 0.6) is 0 Å². The van der Waals surface area contributed by atoms with Gasteiger partial charge in [-0.05, 0) is 19.8 Å². The van der Waals surface area contributed by atoms with Crippen molar-refractivity contribution in [2.75, 3.05) is 12.4 Å². The zero-order valence-corrected chi connectivity index (χ0v) is 16.6. The van der Waals surface area contributed by atoms with E-state index in [1.807, 2.05) is 0 Å². The van der Waals surface area contributed by atoms with E-state index >= 15 is 0 Å². The maximum absolute atomic E-state index is 13.1. The predicted molar refractivity (Wildman–Crippen MR) is 103 cm³/mol. The first-order valence-corrected chi connectivity index (χ1v) is 10.1. The third-order valence-corrected chi connectivity index (χ3v) is 5.07. The Morgan fingerprint density at radius 3 is 2.38 bits per heavy atom. The van der Waals surface area contributed by atoms with Crippen molar-refractivity contribution in [1.82, 2.24) is 9.55 Å². The fourth-order valence-corrected chi connectivity index (χ4v) is 3.29. The third-order valence-electron chi connectivity index (χ3n) is 3.94. The highest BCUT2D eigenvalue weighted by Crippen LogP contribution is 2.16. The minimum absolute atomic E-state index is 0.307. The number of ether oxygens (including phenoxy) is 1. The van der Waals surface area contributed by atoms with Crippen LogP contribution in [-0.4, -0.2) is 27.9 Å². The number of carbonyl (C=O) groups is 1. The summed E-state index contributed by atoms with van der Waals surface area (Å²) in [6.07, 6.45) is 9.88. The molecule has 0 N–H and O–H groups in total. The van der Waals surface area contributed by atoms with Crippen LogP contribution in [0.15, 0.2) is 28.3 Å². The van der Waals surface area contributed by atoms with E-state index in [-0.39, 0.29) is 5.97 Å². The second-order valence-electron chi connectivity index (χ2n) is 6.35. The molecule has 0 atom stereocenters. The van der Waals surface area contributed by atoms with Crippen molar-refractivity contribution in [3.8, 4) is 0 Å². The van der Waals surface area contributed by atoms with E-state index in [0.717, 1.165) is 44.1 Å². The average molecular weight is 385 g/mol. The molecule has 5 nitrogen and oxygen atoms in total. The van der Waals surface area contributed by atoms with Gasteiger partial charge in [0.15, 0.2) is 5.16 Å². The fraction of sp³-hybridized carbons (Fsp3) is 0.632. The zero-order chi connectivity index (χ0) is 19.4. The van der Waals surface area contributed by atoms with Crippen molar-refractivity contribution in [2.24, 2.45) is 7.05 Å². The molecule has 0 aromatic carbocycles. The number of thioether (sulfide) groups is 1. The van der Waals surface area contributed by atoms with Crippen LogP contribution in [0.25, 0.3) is 0 Å². The molecule has 0 saturated carbocycles. The van der Waals surface area contributed by atoms with Crippen LogP contribution in [-0.2, 0) is 16.6 Å². The Balaban J connectivity index is 1.95. The number of hydrogen-bond donors (Lipinski definition) is 0. The van der Waals surface area contributed by atoms with Crippen molar-refractivity contribution >= 4 is 17.7 Å². The number of rotatable bonds is 13. The quantitative estimate of drug-likeness (QED) is 0.167. The van der Waals surface area contributed by atoms with Gasteiger partial charge in [0.25, 0.3) is 5.56 Å². The molecule has 0 spiro atoms. The number of hydrogen-bond acceptors (Lipinski definition) is 5. The molecule has 1 rings (SSSR count). The average Bonchev–Trinajstić information content (AvgIpc) is 2.62. The van der Waals surface area contributed by atoms with E-state index in [1.54, 1.807) is 14.0 Å². The van der Waals surface area contributed by atoms with E-state index in [2.05, 4.69) is 11.6 Å². The lowest BCUT2D eigenvalue weighted by atomic mass is 10.1. The first-order chi connectivity index (χ1) is 12.4. The van der Waals surface area contributed by atoms with Crippen molar-refractivity contribution < 1.29 is 13.9 Å². The molecule has 1 heterocycles. The summed E-state index contributed by atoms with van der Waals surface area (Å²) in [4.78, 5) is 26.6. The van der Waals surface area contributed by atoms with Crippen LogP contribution < -0.4 is 5.56 Å². The number of aromatic nitrogens is 2. The summed E-state index contributed by atoms with van der Waals surface area (Å²) in [6, 6.07) is 0. The molecular weight excluding hydrogens is 355 g/mol. The largest absolute Gasteiger partial charge is 0.462 e. The van der Waals surface area contributed by atoms with Gasteiger partial charge in [-0.1, -0.05) is 56.9 Å². The molecule has 146 valence electrons. The minimum atomic E-state index is -0.814. The van der Waals surface area contributed by atoms with Crippen LogP contribution in [0.1, 0.15) is 58.3 Å². The summed E-state index contributed by atoms with van der Waals surface area (Å²) in [5.41, 5.74) is -0.183. The molecule has 7 heteroatoms. The normalized spacial score (nSPS) is 10.7. The Hall–Kier alpha value is -1.63. The van der Waals surface area contributed by atoms with Gasteiger partial charge in [-0.25, -0.2) is 9.78 Å². The summed E-state index contributed by atoms with van der Waals surface area (Å²) in [7, 11) is 1.54. The number of unbranched alkanes of at least 4 members (excludes halogenated alkanes) is 7. The molecule has 1 aromatic heterocycles. The predicted octanol–water partition coefficient (Wildman–Crippen LogP) is 4.25. The second kappa shape index (κ2) is 12.7. The first-order valence-electron chi connectivity index (χ1n) is 9.10. The topological polar surface area (TPSA) is 61.2 Å². The summed E-state index contributed by atoms with van der Waals surface area (Å²) >= 11 is 1.49. The van der Waals surface area contributed by atoms with Crippen molar-refractivity contribution in [1.29, 1.82) is 0 Å². The summed E-state index contributed by atoms with van der Waals surface area (Å²) < 4.78 is 19.4. The smallest absolute Gasteiger partial charge is 0.333 e. The van der Waals surface area contributed by atoms with Crippen LogP contribution in [0.3, 0.4) is 0 Å². The summed E-state index contributed by atoms with van der Waals surface area (Å²) in [5, 5.41) is 0.559. The van der Waals surface area contributed by atoms with Gasteiger partial charge >= 0.3 is 5.97 Å². The number of halogens is 1. The highest BCUT2D eigenvalue weighted by molar-refractivity contribution is 7.99. The van der Waals surface area contributed by atoms with Crippen molar-refractivity contribution in [3.05, 3.63) is 34.5 Å². The highest BCUT2D eigenvalue weighted by atomic mass is 32.2. The van der Waals surface area contributed by atoms with E-state index in [0.29, 0.717) is 17.3 Å². The third kappa shape index (κ3) is 8.65. The van der Waals surface area contributed by atoms with Crippen molar-refractivity contribution in [2.45, 2.75) is 63.4 Å². The molecule has 0 aliphatic heterocycles. The Kier molecular flexibility index (Phi) is 10.9. The van der Waals surface area contributed by atoms with Crippen LogP contribution in [0, 0.1) is 5.82 Å². The molecule has 0 amide bonds. The molecule has 0 fully saturated rings. The molecule has 0 unspecified atom stereocenters. The van der Waals surface area contributed by atoms with Gasteiger partial charge in [-0.3, -0.25) is 9.36 Å². The number of carbonyl (C=O) groups excluding carboxylic acids is 1. The fourth-order valence-electron chi connectivity index (χ4n) is 2.35. The molecule has 0 aliphatic rings. The maximum atomic E-state index is 13.1. The van der Waals surface area contributed by atoms with Gasteiger partial charge in [-0.15, -0.1) is 0 Å². The van der Waals surface area contributed by atoms with Crippen molar-refractivity contribution in [3.63, 3.8) is 0 Å². The lowest BCUT2D eigenvalue weighted by Crippen LogP contribution is -2.22. The van der Waals surface area contributed by atoms with Gasteiger partial charge in [0.1, 0.15) is 0 Å². The molecule has 0 radical (unpaired) electrons. The molecule has 0 aliphatic carbocycles. The van der Waals surface area contributed by atoms with E-state index in [1.165, 1.54) is 35.6 Å². The number of esters is 1. The van der Waals surface area contributed by atoms with E-state index in [4.69, 9.17) is 4.74 Å². The van der Waals surface area contributed by atoms with Gasteiger partial charge in [0.2, 0.25) is 5.82 Å². The minimum Gasteiger partial charge on any atom is -0.462 e. The Morgan fingerprint density at radius 1 is 1.19 bits per heavy atom. The lowest BCUT2D eigenvalue weighted by Gasteiger charge is -2.06. The molecule has 26 heavy (non-hydrogen) atoms.